The summed E-state index contributed by atoms with van der Waals surface area (Å²) >= 11 is 0. The molecule has 0 amide bonds. The number of para-hydroxylation sites is 1. The second-order valence-corrected chi connectivity index (χ2v) is 19.5. The monoisotopic (exact) mass is 1100 g/mol. The van der Waals surface area contributed by atoms with Gasteiger partial charge in [-0.05, 0) is 90.9 Å². The molecule has 7 aromatic carbocycles. The van der Waals surface area contributed by atoms with Crippen LogP contribution in [-0.2, 0) is 42.7 Å². The van der Waals surface area contributed by atoms with Gasteiger partial charge in [-0.1, -0.05) is 215 Å². The molecule has 352 valence electrons. The smallest absolute Gasteiger partial charge is 0.148 e. The van der Waals surface area contributed by atoms with E-state index in [-0.39, 0.29) is 43.8 Å². The third-order valence-electron chi connectivity index (χ3n) is 12.4. The van der Waals surface area contributed by atoms with Crippen LogP contribution >= 0.6 is 0 Å². The first kappa shape index (κ1) is 31.0. The van der Waals surface area contributed by atoms with Gasteiger partial charge in [0.1, 0.15) is 11.6 Å². The van der Waals surface area contributed by atoms with E-state index in [2.05, 4.69) is 26.8 Å². The fraction of sp³-hybridized carbons (Fsp3) is 0.250. The first-order valence-electron chi connectivity index (χ1n) is 31.5. The number of phenolic OH excluding ortho intramolecular Hbond substituents is 1. The number of phenols is 1. The van der Waals surface area contributed by atoms with Crippen LogP contribution in [0.4, 0.5) is 0 Å². The van der Waals surface area contributed by atoms with Gasteiger partial charge in [0.25, 0.3) is 0 Å². The molecule has 0 fully saturated rings. The summed E-state index contributed by atoms with van der Waals surface area (Å²) in [6, 6.07) is 48.3. The number of rotatable bonds is 7. The zero-order valence-electron chi connectivity index (χ0n) is 57.2. The summed E-state index contributed by atoms with van der Waals surface area (Å²) in [5.74, 6) is 0.188. The van der Waals surface area contributed by atoms with Gasteiger partial charge in [0.15, 0.2) is 0 Å². The topological polar surface area (TPSA) is 50.9 Å². The number of benzene rings is 7. The molecule has 9 rings (SSSR count). The zero-order chi connectivity index (χ0) is 63.3. The Kier molecular flexibility index (Phi) is 8.32. The molecular weight excluding hydrogens is 1020 g/mol. The van der Waals surface area contributed by atoms with Crippen molar-refractivity contribution in [3.8, 4) is 78.6 Å². The van der Waals surface area contributed by atoms with E-state index in [1.807, 2.05) is 98.1 Å². The van der Waals surface area contributed by atoms with Crippen LogP contribution in [-0.4, -0.2) is 19.6 Å². The normalized spacial score (nSPS) is 17.2. The van der Waals surface area contributed by atoms with Crippen molar-refractivity contribution in [3.05, 3.63) is 192 Å². The Hall–Kier alpha value is -6.35. The molecule has 0 saturated heterocycles. The molecule has 5 heteroatoms. The molecule has 0 radical (unpaired) electrons. The van der Waals surface area contributed by atoms with E-state index < -0.39 is 68.3 Å². The summed E-state index contributed by atoms with van der Waals surface area (Å²) in [7, 11) is 0. The SMILES string of the molecule is [2H]C([2H])([2H])C(c1ccc(-c2ccnc(-c3[c-]c(-c4cccc5c4nc(-c4cc(C(C)(C)C)cc(C(C)(C)C)c4O)n5-c4ccc(C(C([2H])([2H])[2H])(C([2H])([2H])[2H])C([2H])([2H])[2H])cc4-c4ccccc4)cc(-c4ccccc4)c3)c2)cc1)(C([2H])([2H])[2H])C([2H])([2H])[2H].[Pt]. The Morgan fingerprint density at radius 3 is 1.75 bits per heavy atom. The summed E-state index contributed by atoms with van der Waals surface area (Å²) in [4.78, 5) is 10.3. The summed E-state index contributed by atoms with van der Waals surface area (Å²) in [5, 5.41) is 12.7. The third kappa shape index (κ3) is 9.93. The van der Waals surface area contributed by atoms with Crippen LogP contribution in [0.15, 0.2) is 164 Å². The first-order chi connectivity index (χ1) is 39.6. The Morgan fingerprint density at radius 2 is 1.10 bits per heavy atom. The van der Waals surface area contributed by atoms with E-state index in [4.69, 9.17) is 34.6 Å². The molecular formula is C64H64N3OPt-. The van der Waals surface area contributed by atoms with Crippen LogP contribution < -0.4 is 0 Å². The number of pyridine rings is 1. The molecule has 0 saturated carbocycles. The van der Waals surface area contributed by atoms with Gasteiger partial charge in [-0.2, -0.15) is 0 Å². The van der Waals surface area contributed by atoms with E-state index >= 15 is 0 Å². The second kappa shape index (κ2) is 18.5. The van der Waals surface area contributed by atoms with Crippen molar-refractivity contribution in [2.45, 2.75) is 104 Å². The molecule has 0 aliphatic rings. The molecule has 2 heterocycles. The summed E-state index contributed by atoms with van der Waals surface area (Å²) in [6.07, 6.45) is 1.57. The predicted molar refractivity (Wildman–Crippen MR) is 287 cm³/mol. The summed E-state index contributed by atoms with van der Waals surface area (Å²) < 4.78 is 154. The van der Waals surface area contributed by atoms with E-state index in [1.165, 1.54) is 42.5 Å². The summed E-state index contributed by atoms with van der Waals surface area (Å²) in [6.45, 7) is -8.85. The van der Waals surface area contributed by atoms with Gasteiger partial charge in [0.2, 0.25) is 0 Å². The van der Waals surface area contributed by atoms with Crippen LogP contribution in [0.2, 0.25) is 0 Å². The largest absolute Gasteiger partial charge is 0.507 e. The predicted octanol–water partition coefficient (Wildman–Crippen LogP) is 17.1. The van der Waals surface area contributed by atoms with Crippen LogP contribution in [0.5, 0.6) is 5.75 Å². The van der Waals surface area contributed by atoms with Crippen LogP contribution in [0.25, 0.3) is 83.9 Å². The van der Waals surface area contributed by atoms with Crippen molar-refractivity contribution < 1.29 is 50.8 Å². The molecule has 2 aromatic heterocycles. The van der Waals surface area contributed by atoms with Crippen molar-refractivity contribution in [1.82, 2.24) is 14.5 Å². The number of imidazole rings is 1. The van der Waals surface area contributed by atoms with Gasteiger partial charge in [0.05, 0.1) is 22.3 Å². The maximum Gasteiger partial charge on any atom is 0.148 e. The van der Waals surface area contributed by atoms with Crippen molar-refractivity contribution in [3.63, 3.8) is 0 Å². The fourth-order valence-corrected chi connectivity index (χ4v) is 8.68. The van der Waals surface area contributed by atoms with Crippen LogP contribution in [0.1, 0.15) is 130 Å². The fourth-order valence-electron chi connectivity index (χ4n) is 8.68. The minimum Gasteiger partial charge on any atom is -0.507 e. The molecule has 69 heavy (non-hydrogen) atoms. The van der Waals surface area contributed by atoms with Gasteiger partial charge in [-0.3, -0.25) is 9.55 Å². The molecule has 4 nitrogen and oxygen atoms in total. The van der Waals surface area contributed by atoms with Crippen molar-refractivity contribution in [2.24, 2.45) is 0 Å². The minimum absolute atomic E-state index is 0. The van der Waals surface area contributed by atoms with Gasteiger partial charge in [0, 0.05) is 68.8 Å². The molecule has 0 aliphatic heterocycles. The van der Waals surface area contributed by atoms with Crippen LogP contribution in [0, 0.1) is 6.07 Å². The Bertz CT molecular complexity index is 3920. The maximum absolute atomic E-state index is 12.7. The first-order valence-corrected chi connectivity index (χ1v) is 22.5. The van der Waals surface area contributed by atoms with E-state index in [0.29, 0.717) is 66.9 Å². The number of hydrogen-bond donors (Lipinski definition) is 1. The van der Waals surface area contributed by atoms with Gasteiger partial charge in [-0.25, -0.2) is 4.98 Å². The molecule has 9 aromatic rings. The van der Waals surface area contributed by atoms with Crippen molar-refractivity contribution in [2.75, 3.05) is 0 Å². The molecule has 1 N–H and O–H groups in total. The van der Waals surface area contributed by atoms with Crippen molar-refractivity contribution in [1.29, 1.82) is 0 Å². The number of hydrogen-bond acceptors (Lipinski definition) is 3. The molecule has 0 spiro atoms. The molecule has 0 unspecified atom stereocenters. The average Bonchev–Trinajstić information content (AvgIpc) is 0.888. The van der Waals surface area contributed by atoms with E-state index in [1.54, 1.807) is 48.7 Å². The quantitative estimate of drug-likeness (QED) is 0.162. The second-order valence-electron chi connectivity index (χ2n) is 19.5. The zero-order valence-corrected chi connectivity index (χ0v) is 41.5. The third-order valence-corrected chi connectivity index (χ3v) is 12.4. The van der Waals surface area contributed by atoms with Gasteiger partial charge >= 0.3 is 0 Å². The number of aromatic hydroxyl groups is 1. The Morgan fingerprint density at radius 1 is 0.493 bits per heavy atom. The van der Waals surface area contributed by atoms with Gasteiger partial charge < -0.3 is 5.11 Å². The van der Waals surface area contributed by atoms with Crippen molar-refractivity contribution >= 4 is 11.0 Å². The summed E-state index contributed by atoms with van der Waals surface area (Å²) in [5.41, 5.74) is 0.212. The maximum atomic E-state index is 12.7. The van der Waals surface area contributed by atoms with Gasteiger partial charge in [-0.15, -0.1) is 23.8 Å². The molecule has 0 aliphatic carbocycles. The Balaban J connectivity index is 0.00000982. The van der Waals surface area contributed by atoms with Crippen LogP contribution in [0.3, 0.4) is 0 Å². The standard InChI is InChI=1S/C64H64N3O.Pt/c1-61(2,3)48-28-26-42(27-29-48)44-32-33-65-55(37-44)47-35-45(41-20-15-13-16-21-41)34-46(36-47)51-24-19-25-57-58(51)66-60(53-39-50(63(7,8)9)40-54(59(53)68)64(10,11)12)67(57)56-31-30-49(62(4,5)6)38-52(56)43-22-17-14-18-23-43;/h13-35,37-40,68H,1-12H3;/q-1;/i1D3,2D3,3D3,4D3,5D3,6D3;. The minimum atomic E-state index is -3.56. The van der Waals surface area contributed by atoms with E-state index in [0.717, 1.165) is 16.7 Å². The van der Waals surface area contributed by atoms with E-state index in [9.17, 15) is 5.11 Å². The number of fused-ring (bicyclic) bond motifs is 1. The number of nitrogens with zero attached hydrogens (tertiary/aromatic N) is 3. The average molecular weight is 1100 g/mol. The Labute approximate surface area is 450 Å². The molecule has 0 atom stereocenters. The molecule has 0 bridgehead atoms. The number of aromatic nitrogens is 3.